The first-order valence-electron chi connectivity index (χ1n) is 5.80. The van der Waals surface area contributed by atoms with Crippen molar-refractivity contribution in [3.8, 4) is 0 Å². The summed E-state index contributed by atoms with van der Waals surface area (Å²) in [6.07, 6.45) is 0.317. The molecule has 0 radical (unpaired) electrons. The van der Waals surface area contributed by atoms with E-state index in [9.17, 15) is 0 Å². The fraction of sp³-hybridized carbons (Fsp3) is 0.538. The minimum absolute atomic E-state index is 0.136. The van der Waals surface area contributed by atoms with E-state index < -0.39 is 5.79 Å². The number of rotatable bonds is 1. The van der Waals surface area contributed by atoms with Crippen LogP contribution in [0, 0.1) is 0 Å². The topological polar surface area (TPSA) is 30.5 Å². The highest BCUT2D eigenvalue weighted by Gasteiger charge is 2.49. The number of hydrogen-bond acceptors (Lipinski definition) is 3. The molecule has 0 bridgehead atoms. The second-order valence-electron chi connectivity index (χ2n) is 4.94. The summed E-state index contributed by atoms with van der Waals surface area (Å²) < 4.78 is 11.8. The van der Waals surface area contributed by atoms with E-state index >= 15 is 0 Å². The Morgan fingerprint density at radius 3 is 2.69 bits per heavy atom. The van der Waals surface area contributed by atoms with E-state index in [-0.39, 0.29) is 18.2 Å². The van der Waals surface area contributed by atoms with E-state index in [0.717, 1.165) is 6.54 Å². The summed E-state index contributed by atoms with van der Waals surface area (Å²) in [6, 6.07) is 10.7. The van der Waals surface area contributed by atoms with Gasteiger partial charge in [-0.2, -0.15) is 0 Å². The molecule has 2 heterocycles. The van der Waals surface area contributed by atoms with Gasteiger partial charge in [-0.15, -0.1) is 0 Å². The second-order valence-corrected chi connectivity index (χ2v) is 4.94. The summed E-state index contributed by atoms with van der Waals surface area (Å²) >= 11 is 0. The number of nitrogens with one attached hydrogen (secondary N) is 1. The largest absolute Gasteiger partial charge is 0.343 e. The summed E-state index contributed by atoms with van der Waals surface area (Å²) in [7, 11) is 0. The fourth-order valence-corrected chi connectivity index (χ4v) is 2.63. The molecule has 1 aromatic carbocycles. The van der Waals surface area contributed by atoms with E-state index in [1.54, 1.807) is 0 Å². The van der Waals surface area contributed by atoms with Crippen molar-refractivity contribution in [2.45, 2.75) is 37.9 Å². The normalized spacial score (nSPS) is 36.2. The first-order valence-corrected chi connectivity index (χ1v) is 5.80. The van der Waals surface area contributed by atoms with Gasteiger partial charge in [-0.3, -0.25) is 0 Å². The van der Waals surface area contributed by atoms with Crippen LogP contribution in [-0.4, -0.2) is 24.5 Å². The highest BCUT2D eigenvalue weighted by molar-refractivity contribution is 5.23. The molecule has 3 nitrogen and oxygen atoms in total. The Bertz CT molecular complexity index is 377. The first kappa shape index (κ1) is 10.3. The van der Waals surface area contributed by atoms with Gasteiger partial charge in [-0.25, -0.2) is 0 Å². The van der Waals surface area contributed by atoms with Gasteiger partial charge in [0.1, 0.15) is 12.2 Å². The Balaban J connectivity index is 1.84. The predicted molar refractivity (Wildman–Crippen MR) is 61.0 cm³/mol. The van der Waals surface area contributed by atoms with Crippen LogP contribution in [0.2, 0.25) is 0 Å². The summed E-state index contributed by atoms with van der Waals surface area (Å²) in [4.78, 5) is 0. The number of ether oxygens (including phenoxy) is 2. The third kappa shape index (κ3) is 1.65. The summed E-state index contributed by atoms with van der Waals surface area (Å²) in [5.41, 5.74) is 1.27. The average Bonchev–Trinajstić information content (AvgIpc) is 2.74. The Kier molecular flexibility index (Phi) is 2.28. The van der Waals surface area contributed by atoms with Gasteiger partial charge >= 0.3 is 0 Å². The molecule has 0 spiro atoms. The molecule has 16 heavy (non-hydrogen) atoms. The molecular weight excluding hydrogens is 202 g/mol. The smallest absolute Gasteiger partial charge is 0.163 e. The van der Waals surface area contributed by atoms with E-state index in [1.807, 2.05) is 19.9 Å². The predicted octanol–water partition coefficient (Wildman–Crippen LogP) is 1.85. The van der Waals surface area contributed by atoms with Gasteiger partial charge in [0.25, 0.3) is 0 Å². The van der Waals surface area contributed by atoms with Crippen LogP contribution in [0.15, 0.2) is 30.3 Å². The van der Waals surface area contributed by atoms with Crippen LogP contribution in [0.4, 0.5) is 0 Å². The monoisotopic (exact) mass is 219 g/mol. The van der Waals surface area contributed by atoms with Crippen molar-refractivity contribution in [1.29, 1.82) is 0 Å². The zero-order valence-electron chi connectivity index (χ0n) is 9.64. The molecule has 86 valence electrons. The summed E-state index contributed by atoms with van der Waals surface area (Å²) in [6.45, 7) is 4.83. The molecule has 2 aliphatic rings. The lowest BCUT2D eigenvalue weighted by Gasteiger charge is -2.22. The molecule has 3 rings (SSSR count). The summed E-state index contributed by atoms with van der Waals surface area (Å²) in [5, 5.41) is 3.46. The second kappa shape index (κ2) is 3.55. The van der Waals surface area contributed by atoms with Gasteiger partial charge in [0.15, 0.2) is 5.79 Å². The standard InChI is InChI=1S/C13H17NO2/c1-13(2)15-10-8-14-11(12(10)16-13)9-6-4-3-5-7-9/h3-7,10-12,14H,8H2,1-2H3/t10-,11?,12-/m1/s1. The lowest BCUT2D eigenvalue weighted by molar-refractivity contribution is -0.153. The average molecular weight is 219 g/mol. The molecule has 3 heteroatoms. The van der Waals surface area contributed by atoms with Crippen molar-refractivity contribution in [1.82, 2.24) is 5.32 Å². The van der Waals surface area contributed by atoms with Crippen LogP contribution >= 0.6 is 0 Å². The number of fused-ring (bicyclic) bond motifs is 1. The molecule has 1 unspecified atom stereocenters. The minimum atomic E-state index is -0.440. The highest BCUT2D eigenvalue weighted by Crippen LogP contribution is 2.38. The van der Waals surface area contributed by atoms with Crippen molar-refractivity contribution >= 4 is 0 Å². The molecule has 2 fully saturated rings. The van der Waals surface area contributed by atoms with Crippen LogP contribution in [0.1, 0.15) is 25.5 Å². The maximum atomic E-state index is 5.96. The van der Waals surface area contributed by atoms with E-state index in [0.29, 0.717) is 0 Å². The van der Waals surface area contributed by atoms with E-state index in [4.69, 9.17) is 9.47 Å². The highest BCUT2D eigenvalue weighted by atomic mass is 16.8. The molecule has 1 aromatic rings. The third-order valence-electron chi connectivity index (χ3n) is 3.25. The van der Waals surface area contributed by atoms with Crippen molar-refractivity contribution < 1.29 is 9.47 Å². The quantitative estimate of drug-likeness (QED) is 0.782. The fourth-order valence-electron chi connectivity index (χ4n) is 2.63. The zero-order chi connectivity index (χ0) is 11.2. The zero-order valence-corrected chi connectivity index (χ0v) is 9.64. The van der Waals surface area contributed by atoms with Gasteiger partial charge in [0.05, 0.1) is 6.04 Å². The van der Waals surface area contributed by atoms with Crippen LogP contribution in [0.25, 0.3) is 0 Å². The molecule has 0 aromatic heterocycles. The van der Waals surface area contributed by atoms with Gasteiger partial charge in [-0.1, -0.05) is 30.3 Å². The molecule has 1 N–H and O–H groups in total. The lowest BCUT2D eigenvalue weighted by Crippen LogP contribution is -2.29. The lowest BCUT2D eigenvalue weighted by atomic mass is 10.0. The van der Waals surface area contributed by atoms with Crippen molar-refractivity contribution in [2.24, 2.45) is 0 Å². The molecule has 0 aliphatic carbocycles. The van der Waals surface area contributed by atoms with Gasteiger partial charge in [-0.05, 0) is 19.4 Å². The number of benzene rings is 1. The van der Waals surface area contributed by atoms with E-state index in [1.165, 1.54) is 5.56 Å². The van der Waals surface area contributed by atoms with Crippen LogP contribution in [-0.2, 0) is 9.47 Å². The molecule has 2 saturated heterocycles. The maximum Gasteiger partial charge on any atom is 0.163 e. The van der Waals surface area contributed by atoms with E-state index in [2.05, 4.69) is 29.6 Å². The van der Waals surface area contributed by atoms with Crippen molar-refractivity contribution in [2.75, 3.05) is 6.54 Å². The maximum absolute atomic E-state index is 5.96. The first-order chi connectivity index (χ1) is 7.66. The van der Waals surface area contributed by atoms with Crippen molar-refractivity contribution in [3.63, 3.8) is 0 Å². The molecule has 0 amide bonds. The van der Waals surface area contributed by atoms with Gasteiger partial charge in [0.2, 0.25) is 0 Å². The Hall–Kier alpha value is -0.900. The van der Waals surface area contributed by atoms with Crippen LogP contribution < -0.4 is 5.32 Å². The molecule has 0 saturated carbocycles. The molecule has 3 atom stereocenters. The number of hydrogen-bond donors (Lipinski definition) is 1. The van der Waals surface area contributed by atoms with Crippen LogP contribution in [0.3, 0.4) is 0 Å². The SMILES string of the molecule is CC1(C)O[C@@H]2CNC(c3ccccc3)[C@@H]2O1. The third-order valence-corrected chi connectivity index (χ3v) is 3.25. The Labute approximate surface area is 95.8 Å². The minimum Gasteiger partial charge on any atom is -0.343 e. The molecule has 2 aliphatic heterocycles. The van der Waals surface area contributed by atoms with Gasteiger partial charge < -0.3 is 14.8 Å². The summed E-state index contributed by atoms with van der Waals surface area (Å²) in [5.74, 6) is -0.440. The Morgan fingerprint density at radius 2 is 1.94 bits per heavy atom. The Morgan fingerprint density at radius 1 is 1.19 bits per heavy atom. The van der Waals surface area contributed by atoms with Gasteiger partial charge in [0, 0.05) is 6.54 Å². The van der Waals surface area contributed by atoms with Crippen molar-refractivity contribution in [3.05, 3.63) is 35.9 Å². The van der Waals surface area contributed by atoms with Crippen LogP contribution in [0.5, 0.6) is 0 Å². The molecular formula is C13H17NO2.